The van der Waals surface area contributed by atoms with Crippen molar-refractivity contribution in [3.8, 4) is 0 Å². The zero-order valence-electron chi connectivity index (χ0n) is 6.15. The van der Waals surface area contributed by atoms with Gasteiger partial charge in [-0.05, 0) is 36.7 Å². The molecule has 0 amide bonds. The maximum atomic E-state index is 12.1. The van der Waals surface area contributed by atoms with Crippen LogP contribution >= 0.6 is 15.9 Å². The molecule has 1 unspecified atom stereocenters. The lowest BCUT2D eigenvalue weighted by Gasteiger charge is -2.19. The van der Waals surface area contributed by atoms with Crippen molar-refractivity contribution in [3.63, 3.8) is 0 Å². The lowest BCUT2D eigenvalue weighted by molar-refractivity contribution is -0.157. The molecule has 10 heavy (non-hydrogen) atoms. The fourth-order valence-corrected chi connectivity index (χ4v) is 0.440. The molecule has 0 spiro atoms. The number of hydrogen-bond donors (Lipinski definition) is 0. The Morgan fingerprint density at radius 2 is 2.00 bits per heavy atom. The van der Waals surface area contributed by atoms with Gasteiger partial charge in [-0.3, -0.25) is 0 Å². The summed E-state index contributed by atoms with van der Waals surface area (Å²) in [4.78, 5) is 10.5. The molecule has 0 rings (SSSR count). The summed E-state index contributed by atoms with van der Waals surface area (Å²) < 4.78 is 16.7. The molecule has 0 aliphatic carbocycles. The Morgan fingerprint density at radius 1 is 1.60 bits per heavy atom. The molecule has 60 valence electrons. The van der Waals surface area contributed by atoms with E-state index in [9.17, 15) is 9.18 Å². The van der Waals surface area contributed by atoms with Crippen LogP contribution in [-0.4, -0.2) is 16.7 Å². The highest BCUT2D eigenvalue weighted by Crippen LogP contribution is 2.12. The first-order chi connectivity index (χ1) is 4.33. The Labute approximate surface area is 67.9 Å². The lowest BCUT2D eigenvalue weighted by Crippen LogP contribution is -2.27. The molecule has 0 radical (unpaired) electrons. The van der Waals surface area contributed by atoms with Crippen molar-refractivity contribution in [1.82, 2.24) is 0 Å². The number of hydrogen-bond acceptors (Lipinski definition) is 2. The van der Waals surface area contributed by atoms with E-state index in [0.29, 0.717) is 0 Å². The molecule has 0 bridgehead atoms. The third kappa shape index (κ3) is 4.73. The highest BCUT2D eigenvalue weighted by molar-refractivity contribution is 9.09. The number of halogens is 2. The molecule has 2 nitrogen and oxygen atoms in total. The van der Waals surface area contributed by atoms with Gasteiger partial charge < -0.3 is 4.74 Å². The quantitative estimate of drug-likeness (QED) is 0.492. The molecule has 0 heterocycles. The molecule has 0 saturated carbocycles. The van der Waals surface area contributed by atoms with Crippen molar-refractivity contribution < 1.29 is 13.9 Å². The zero-order valence-corrected chi connectivity index (χ0v) is 7.74. The molecular weight excluding hydrogens is 203 g/mol. The highest BCUT2D eigenvalue weighted by Gasteiger charge is 2.21. The van der Waals surface area contributed by atoms with Crippen molar-refractivity contribution in [1.29, 1.82) is 0 Å². The molecule has 0 aromatic heterocycles. The number of esters is 1. The first-order valence-electron chi connectivity index (χ1n) is 2.84. The van der Waals surface area contributed by atoms with Crippen molar-refractivity contribution in [2.75, 3.05) is 0 Å². The van der Waals surface area contributed by atoms with Crippen LogP contribution in [0, 0.1) is 0 Å². The molecule has 0 aliphatic heterocycles. The van der Waals surface area contributed by atoms with E-state index in [1.165, 1.54) is 0 Å². The van der Waals surface area contributed by atoms with Crippen LogP contribution in [0.3, 0.4) is 0 Å². The van der Waals surface area contributed by atoms with Gasteiger partial charge in [0.25, 0.3) is 5.08 Å². The van der Waals surface area contributed by atoms with E-state index in [4.69, 9.17) is 0 Å². The molecule has 1 atom stereocenters. The molecule has 0 aromatic carbocycles. The van der Waals surface area contributed by atoms with Gasteiger partial charge in [0.15, 0.2) is 0 Å². The summed E-state index contributed by atoms with van der Waals surface area (Å²) in [6, 6.07) is 0. The Kier molecular flexibility index (Phi) is 3.28. The zero-order chi connectivity index (χ0) is 8.36. The first-order valence-corrected chi connectivity index (χ1v) is 3.75. The molecule has 0 N–H and O–H groups in total. The third-order valence-corrected chi connectivity index (χ3v) is 0.959. The number of rotatable bonds is 1. The van der Waals surface area contributed by atoms with Crippen molar-refractivity contribution in [2.45, 2.75) is 31.5 Å². The van der Waals surface area contributed by atoms with E-state index in [0.717, 1.165) is 0 Å². The van der Waals surface area contributed by atoms with Gasteiger partial charge in [-0.2, -0.15) is 0 Å². The normalized spacial score (nSPS) is 14.5. The Balaban J connectivity index is 3.81. The minimum atomic E-state index is -1.72. The van der Waals surface area contributed by atoms with Gasteiger partial charge in [0.05, 0.1) is 0 Å². The number of carbonyl (C=O) groups excluding carboxylic acids is 1. The predicted molar refractivity (Wildman–Crippen MR) is 39.7 cm³/mol. The minimum absolute atomic E-state index is 0.616. The van der Waals surface area contributed by atoms with Crippen LogP contribution in [0.5, 0.6) is 0 Å². The lowest BCUT2D eigenvalue weighted by atomic mass is 10.2. The summed E-state index contributed by atoms with van der Waals surface area (Å²) in [7, 11) is 0. The van der Waals surface area contributed by atoms with Gasteiger partial charge in [-0.1, -0.05) is 0 Å². The van der Waals surface area contributed by atoms with Gasteiger partial charge in [0.2, 0.25) is 0 Å². The van der Waals surface area contributed by atoms with Crippen molar-refractivity contribution in [3.05, 3.63) is 0 Å². The molecule has 0 aromatic rings. The van der Waals surface area contributed by atoms with Crippen LogP contribution in [0.4, 0.5) is 4.39 Å². The fraction of sp³-hybridized carbons (Fsp3) is 0.833. The van der Waals surface area contributed by atoms with Crippen LogP contribution in [0.15, 0.2) is 0 Å². The van der Waals surface area contributed by atoms with Gasteiger partial charge in [0, 0.05) is 0 Å². The van der Waals surface area contributed by atoms with E-state index < -0.39 is 16.7 Å². The summed E-state index contributed by atoms with van der Waals surface area (Å²) in [5.41, 5.74) is -0.616. The Hall–Kier alpha value is -0.120. The topological polar surface area (TPSA) is 26.3 Å². The Morgan fingerprint density at radius 3 is 2.10 bits per heavy atom. The van der Waals surface area contributed by atoms with E-state index in [1.54, 1.807) is 20.8 Å². The second-order valence-electron chi connectivity index (χ2n) is 2.83. The van der Waals surface area contributed by atoms with Crippen LogP contribution in [-0.2, 0) is 9.53 Å². The fourth-order valence-electron chi connectivity index (χ4n) is 0.346. The summed E-state index contributed by atoms with van der Waals surface area (Å²) >= 11 is 2.45. The summed E-state index contributed by atoms with van der Waals surface area (Å²) in [6.07, 6.45) is 0. The largest absolute Gasteiger partial charge is 0.457 e. The van der Waals surface area contributed by atoms with Crippen LogP contribution in [0.1, 0.15) is 20.8 Å². The predicted octanol–water partition coefficient (Wildman–Crippen LogP) is 2.02. The van der Waals surface area contributed by atoms with Crippen molar-refractivity contribution >= 4 is 21.9 Å². The van der Waals surface area contributed by atoms with E-state index in [-0.39, 0.29) is 0 Å². The van der Waals surface area contributed by atoms with Gasteiger partial charge in [-0.15, -0.1) is 0 Å². The van der Waals surface area contributed by atoms with Crippen LogP contribution in [0.25, 0.3) is 0 Å². The maximum Gasteiger partial charge on any atom is 0.352 e. The van der Waals surface area contributed by atoms with Gasteiger partial charge in [0.1, 0.15) is 5.60 Å². The Bertz CT molecular complexity index is 128. The molecular formula is C6H10BrFO2. The monoisotopic (exact) mass is 212 g/mol. The third-order valence-electron chi connectivity index (χ3n) is 0.585. The van der Waals surface area contributed by atoms with E-state index >= 15 is 0 Å². The van der Waals surface area contributed by atoms with Crippen LogP contribution in [0.2, 0.25) is 0 Å². The summed E-state index contributed by atoms with van der Waals surface area (Å²) in [5.74, 6) is -0.882. The second-order valence-corrected chi connectivity index (χ2v) is 3.64. The number of ether oxygens (including phenoxy) is 1. The first kappa shape index (κ1) is 9.88. The van der Waals surface area contributed by atoms with E-state index in [1.807, 2.05) is 0 Å². The molecule has 4 heteroatoms. The summed E-state index contributed by atoms with van der Waals surface area (Å²) in [6.45, 7) is 5.04. The molecule has 0 saturated heterocycles. The maximum absolute atomic E-state index is 12.1. The van der Waals surface area contributed by atoms with Crippen LogP contribution < -0.4 is 0 Å². The summed E-state index contributed by atoms with van der Waals surface area (Å²) in [5, 5.41) is -1.72. The standard InChI is InChI=1S/C6H10BrFO2/c1-6(2,3)10-5(9)4(7)8/h4H,1-3H3. The average Bonchev–Trinajstić information content (AvgIpc) is 1.60. The van der Waals surface area contributed by atoms with Gasteiger partial charge in [-0.25, -0.2) is 9.18 Å². The number of carbonyl (C=O) groups is 1. The number of alkyl halides is 2. The highest BCUT2D eigenvalue weighted by atomic mass is 79.9. The second kappa shape index (κ2) is 3.32. The van der Waals surface area contributed by atoms with Crippen molar-refractivity contribution in [2.24, 2.45) is 0 Å². The average molecular weight is 213 g/mol. The van der Waals surface area contributed by atoms with E-state index in [2.05, 4.69) is 20.7 Å². The van der Waals surface area contributed by atoms with Gasteiger partial charge >= 0.3 is 5.97 Å². The SMILES string of the molecule is CC(C)(C)OC(=O)C(F)Br. The molecule has 0 fully saturated rings. The molecule has 0 aliphatic rings. The minimum Gasteiger partial charge on any atom is -0.457 e. The smallest absolute Gasteiger partial charge is 0.352 e.